The lowest BCUT2D eigenvalue weighted by molar-refractivity contribution is 0.245. The third kappa shape index (κ3) is 2.67. The summed E-state index contributed by atoms with van der Waals surface area (Å²) in [4.78, 5) is 0. The molecule has 0 amide bonds. The van der Waals surface area contributed by atoms with Crippen LogP contribution in [0.2, 0.25) is 0 Å². The number of hydrogen-bond donors (Lipinski definition) is 1. The first kappa shape index (κ1) is 13.5. The van der Waals surface area contributed by atoms with E-state index >= 15 is 0 Å². The average Bonchev–Trinajstić information content (AvgIpc) is 3.01. The first-order valence-corrected chi connectivity index (χ1v) is 7.81. The highest BCUT2D eigenvalue weighted by Crippen LogP contribution is 2.36. The summed E-state index contributed by atoms with van der Waals surface area (Å²) in [7, 11) is 1.70. The minimum Gasteiger partial charge on any atom is -0.497 e. The highest BCUT2D eigenvalue weighted by Gasteiger charge is 2.23. The van der Waals surface area contributed by atoms with E-state index in [9.17, 15) is 0 Å². The Kier molecular flexibility index (Phi) is 3.94. The molecule has 0 saturated carbocycles. The van der Waals surface area contributed by atoms with Gasteiger partial charge in [-0.3, -0.25) is 0 Å². The maximum atomic E-state index is 5.73. The number of hydrogen-bond acceptors (Lipinski definition) is 4. The Bertz CT molecular complexity index is 568. The van der Waals surface area contributed by atoms with Gasteiger partial charge in [-0.25, -0.2) is 0 Å². The third-order valence-corrected chi connectivity index (χ3v) is 4.45. The molecule has 1 N–H and O–H groups in total. The summed E-state index contributed by atoms with van der Waals surface area (Å²) < 4.78 is 11.1. The predicted octanol–water partition coefficient (Wildman–Crippen LogP) is 3.93. The molecule has 2 unspecified atom stereocenters. The first-order chi connectivity index (χ1) is 9.78. The fraction of sp³-hybridized carbons (Fsp3) is 0.375. The van der Waals surface area contributed by atoms with Crippen molar-refractivity contribution in [1.82, 2.24) is 5.32 Å². The lowest BCUT2D eigenvalue weighted by atomic mass is 9.98. The molecule has 3 rings (SSSR count). The third-order valence-electron chi connectivity index (χ3n) is 3.75. The Balaban J connectivity index is 1.82. The maximum Gasteiger partial charge on any atom is 0.124 e. The molecule has 2 heterocycles. The lowest BCUT2D eigenvalue weighted by Crippen LogP contribution is -2.29. The number of methoxy groups -OCH3 is 1. The van der Waals surface area contributed by atoms with E-state index < -0.39 is 0 Å². The first-order valence-electron chi connectivity index (χ1n) is 6.87. The molecule has 1 aromatic carbocycles. The summed E-state index contributed by atoms with van der Waals surface area (Å²) in [5.74, 6) is 1.84. The Morgan fingerprint density at radius 2 is 2.30 bits per heavy atom. The molecule has 4 heteroatoms. The normalized spacial score (nSPS) is 19.0. The van der Waals surface area contributed by atoms with E-state index in [0.717, 1.165) is 24.5 Å². The van der Waals surface area contributed by atoms with Gasteiger partial charge >= 0.3 is 0 Å². The second-order valence-electron chi connectivity index (χ2n) is 5.04. The Hall–Kier alpha value is -1.52. The van der Waals surface area contributed by atoms with Crippen LogP contribution in [0.5, 0.6) is 11.5 Å². The van der Waals surface area contributed by atoms with Crippen molar-refractivity contribution in [3.05, 3.63) is 46.2 Å². The molecule has 0 radical (unpaired) electrons. The second-order valence-corrected chi connectivity index (χ2v) is 5.82. The lowest BCUT2D eigenvalue weighted by Gasteiger charge is -2.29. The highest BCUT2D eigenvalue weighted by atomic mass is 32.1. The molecule has 1 aliphatic rings. The fourth-order valence-corrected chi connectivity index (χ4v) is 3.35. The molecule has 1 aliphatic heterocycles. The number of thiophene rings is 1. The van der Waals surface area contributed by atoms with E-state index in [1.54, 1.807) is 18.4 Å². The SMILES string of the molecule is COc1ccc2c(c1)C(NC(C)c1ccsc1)CCO2. The van der Waals surface area contributed by atoms with Crippen molar-refractivity contribution in [3.8, 4) is 11.5 Å². The minimum atomic E-state index is 0.309. The summed E-state index contributed by atoms with van der Waals surface area (Å²) >= 11 is 1.74. The van der Waals surface area contributed by atoms with E-state index in [1.807, 2.05) is 12.1 Å². The number of ether oxygens (including phenoxy) is 2. The summed E-state index contributed by atoms with van der Waals surface area (Å²) in [5.41, 5.74) is 2.53. The second kappa shape index (κ2) is 5.85. The molecule has 20 heavy (non-hydrogen) atoms. The summed E-state index contributed by atoms with van der Waals surface area (Å²) in [6.07, 6.45) is 0.981. The van der Waals surface area contributed by atoms with Gasteiger partial charge in [0.25, 0.3) is 0 Å². The van der Waals surface area contributed by atoms with Gasteiger partial charge < -0.3 is 14.8 Å². The number of benzene rings is 1. The van der Waals surface area contributed by atoms with Crippen molar-refractivity contribution >= 4 is 11.3 Å². The Morgan fingerprint density at radius 1 is 1.40 bits per heavy atom. The Morgan fingerprint density at radius 3 is 3.05 bits per heavy atom. The van der Waals surface area contributed by atoms with E-state index in [2.05, 4.69) is 35.1 Å². The Labute approximate surface area is 123 Å². The zero-order valence-corrected chi connectivity index (χ0v) is 12.6. The van der Waals surface area contributed by atoms with Crippen molar-refractivity contribution < 1.29 is 9.47 Å². The highest BCUT2D eigenvalue weighted by molar-refractivity contribution is 7.07. The standard InChI is InChI=1S/C16H19NO2S/c1-11(12-6-8-20-10-12)17-15-5-7-19-16-4-3-13(18-2)9-14(15)16/h3-4,6,8-11,15,17H,5,7H2,1-2H3. The van der Waals surface area contributed by atoms with Gasteiger partial charge in [-0.15, -0.1) is 0 Å². The fourth-order valence-electron chi connectivity index (χ4n) is 2.59. The summed E-state index contributed by atoms with van der Waals surface area (Å²) in [6, 6.07) is 8.84. The number of rotatable bonds is 4. The molecular weight excluding hydrogens is 270 g/mol. The molecule has 0 aliphatic carbocycles. The van der Waals surface area contributed by atoms with Crippen molar-refractivity contribution in [2.75, 3.05) is 13.7 Å². The van der Waals surface area contributed by atoms with Gasteiger partial charge in [0.2, 0.25) is 0 Å². The number of nitrogens with one attached hydrogen (secondary N) is 1. The van der Waals surface area contributed by atoms with Crippen LogP contribution in [0.4, 0.5) is 0 Å². The van der Waals surface area contributed by atoms with Crippen molar-refractivity contribution in [2.45, 2.75) is 25.4 Å². The maximum absolute atomic E-state index is 5.73. The quantitative estimate of drug-likeness (QED) is 0.925. The molecule has 0 fully saturated rings. The van der Waals surface area contributed by atoms with Gasteiger partial charge in [0.05, 0.1) is 13.7 Å². The van der Waals surface area contributed by atoms with Gasteiger partial charge in [-0.1, -0.05) is 0 Å². The topological polar surface area (TPSA) is 30.5 Å². The van der Waals surface area contributed by atoms with Crippen LogP contribution in [0.25, 0.3) is 0 Å². The van der Waals surface area contributed by atoms with Crippen LogP contribution in [0, 0.1) is 0 Å². The van der Waals surface area contributed by atoms with E-state index in [4.69, 9.17) is 9.47 Å². The molecule has 0 bridgehead atoms. The predicted molar refractivity (Wildman–Crippen MR) is 81.7 cm³/mol. The van der Waals surface area contributed by atoms with Gasteiger partial charge in [0.1, 0.15) is 11.5 Å². The summed E-state index contributed by atoms with van der Waals surface area (Å²) in [5, 5.41) is 8.02. The van der Waals surface area contributed by atoms with E-state index in [0.29, 0.717) is 12.1 Å². The van der Waals surface area contributed by atoms with Crippen LogP contribution >= 0.6 is 11.3 Å². The minimum absolute atomic E-state index is 0.309. The van der Waals surface area contributed by atoms with Gasteiger partial charge in [0.15, 0.2) is 0 Å². The van der Waals surface area contributed by atoms with Crippen LogP contribution in [0.15, 0.2) is 35.0 Å². The monoisotopic (exact) mass is 289 g/mol. The zero-order chi connectivity index (χ0) is 13.9. The van der Waals surface area contributed by atoms with Crippen LogP contribution in [0.1, 0.15) is 36.6 Å². The molecule has 2 atom stereocenters. The van der Waals surface area contributed by atoms with Crippen molar-refractivity contribution in [3.63, 3.8) is 0 Å². The van der Waals surface area contributed by atoms with Crippen LogP contribution in [-0.4, -0.2) is 13.7 Å². The van der Waals surface area contributed by atoms with Crippen LogP contribution in [-0.2, 0) is 0 Å². The molecule has 0 spiro atoms. The van der Waals surface area contributed by atoms with Crippen molar-refractivity contribution in [2.24, 2.45) is 0 Å². The molecular formula is C16H19NO2S. The molecule has 2 aromatic rings. The van der Waals surface area contributed by atoms with Gasteiger partial charge in [-0.2, -0.15) is 11.3 Å². The van der Waals surface area contributed by atoms with Gasteiger partial charge in [-0.05, 0) is 47.5 Å². The molecule has 0 saturated heterocycles. The van der Waals surface area contributed by atoms with Gasteiger partial charge in [0, 0.05) is 24.1 Å². The largest absolute Gasteiger partial charge is 0.497 e. The summed E-state index contributed by atoms with van der Waals surface area (Å²) in [6.45, 7) is 2.96. The zero-order valence-electron chi connectivity index (χ0n) is 11.8. The molecule has 3 nitrogen and oxygen atoms in total. The van der Waals surface area contributed by atoms with E-state index in [1.165, 1.54) is 11.1 Å². The smallest absolute Gasteiger partial charge is 0.124 e. The van der Waals surface area contributed by atoms with E-state index in [-0.39, 0.29) is 0 Å². The molecule has 1 aromatic heterocycles. The van der Waals surface area contributed by atoms with Crippen LogP contribution < -0.4 is 14.8 Å². The molecule has 106 valence electrons. The van der Waals surface area contributed by atoms with Crippen molar-refractivity contribution in [1.29, 1.82) is 0 Å². The average molecular weight is 289 g/mol. The van der Waals surface area contributed by atoms with Crippen LogP contribution in [0.3, 0.4) is 0 Å². The number of fused-ring (bicyclic) bond motifs is 1.